The summed E-state index contributed by atoms with van der Waals surface area (Å²) in [4.78, 5) is 11.8. The van der Waals surface area contributed by atoms with Crippen LogP contribution in [0.4, 0.5) is 0 Å². The van der Waals surface area contributed by atoms with Crippen LogP contribution in [0.3, 0.4) is 0 Å². The van der Waals surface area contributed by atoms with E-state index in [0.717, 1.165) is 20.5 Å². The summed E-state index contributed by atoms with van der Waals surface area (Å²) in [6.45, 7) is 6.20. The van der Waals surface area contributed by atoms with Gasteiger partial charge in [-0.05, 0) is 0 Å². The zero-order chi connectivity index (χ0) is 16.9. The van der Waals surface area contributed by atoms with Crippen LogP contribution in [0.5, 0.6) is 0 Å². The SMILES string of the molecule is C[CH2][Ge]([CH2]C)(/[C](=C(/C)C(=O)O)c1ccccc1)[c]1ccccc1. The molecule has 3 heteroatoms. The van der Waals surface area contributed by atoms with Crippen molar-refractivity contribution in [3.8, 4) is 0 Å². The van der Waals surface area contributed by atoms with Crippen LogP contribution < -0.4 is 4.40 Å². The minimum absolute atomic E-state index is 0.503. The normalized spacial score (nSPS) is 12.7. The van der Waals surface area contributed by atoms with Gasteiger partial charge in [0.15, 0.2) is 0 Å². The van der Waals surface area contributed by atoms with Crippen molar-refractivity contribution in [2.24, 2.45) is 0 Å². The molecule has 0 spiro atoms. The number of carboxylic acids is 1. The molecule has 120 valence electrons. The molecule has 2 nitrogen and oxygen atoms in total. The Labute approximate surface area is 141 Å². The van der Waals surface area contributed by atoms with E-state index in [9.17, 15) is 9.90 Å². The van der Waals surface area contributed by atoms with Gasteiger partial charge in [0.05, 0.1) is 0 Å². The third-order valence-electron chi connectivity index (χ3n) is 4.77. The number of rotatable bonds is 6. The number of hydrogen-bond donors (Lipinski definition) is 1. The molecule has 2 rings (SSSR count). The summed E-state index contributed by atoms with van der Waals surface area (Å²) in [5, 5.41) is 11.8. The van der Waals surface area contributed by atoms with E-state index in [4.69, 9.17) is 0 Å². The van der Waals surface area contributed by atoms with Gasteiger partial charge < -0.3 is 0 Å². The van der Waals surface area contributed by atoms with E-state index in [2.05, 4.69) is 50.2 Å². The number of benzene rings is 2. The zero-order valence-electron chi connectivity index (χ0n) is 14.0. The Morgan fingerprint density at radius 2 is 1.39 bits per heavy atom. The van der Waals surface area contributed by atoms with Crippen LogP contribution in [-0.2, 0) is 4.79 Å². The molecule has 2 aromatic carbocycles. The van der Waals surface area contributed by atoms with E-state index in [0.29, 0.717) is 5.57 Å². The Kier molecular flexibility index (Phi) is 5.83. The molecule has 0 unspecified atom stereocenters. The third-order valence-corrected chi connectivity index (χ3v) is 16.3. The molecule has 0 aliphatic rings. The van der Waals surface area contributed by atoms with Gasteiger partial charge >= 0.3 is 141 Å². The van der Waals surface area contributed by atoms with Crippen LogP contribution >= 0.6 is 0 Å². The van der Waals surface area contributed by atoms with Crippen molar-refractivity contribution in [3.05, 3.63) is 71.8 Å². The topological polar surface area (TPSA) is 37.3 Å². The molecular weight excluding hydrogens is 345 g/mol. The average molecular weight is 369 g/mol. The molecule has 0 heterocycles. The van der Waals surface area contributed by atoms with Gasteiger partial charge in [-0.1, -0.05) is 0 Å². The molecule has 0 saturated carbocycles. The average Bonchev–Trinajstić information content (AvgIpc) is 2.60. The molecule has 0 aliphatic heterocycles. The fourth-order valence-corrected chi connectivity index (χ4v) is 13.3. The van der Waals surface area contributed by atoms with Crippen molar-refractivity contribution >= 4 is 28.0 Å². The Morgan fingerprint density at radius 1 is 0.913 bits per heavy atom. The van der Waals surface area contributed by atoms with Crippen LogP contribution in [-0.4, -0.2) is 24.3 Å². The van der Waals surface area contributed by atoms with Gasteiger partial charge in [-0.2, -0.15) is 0 Å². The van der Waals surface area contributed by atoms with Crippen LogP contribution in [0.25, 0.3) is 4.41 Å². The summed E-state index contributed by atoms with van der Waals surface area (Å²) >= 11 is -2.75. The monoisotopic (exact) mass is 370 g/mol. The van der Waals surface area contributed by atoms with E-state index in [1.807, 2.05) is 24.3 Å². The first-order chi connectivity index (χ1) is 11.1. The van der Waals surface area contributed by atoms with Gasteiger partial charge in [0.1, 0.15) is 0 Å². The van der Waals surface area contributed by atoms with E-state index >= 15 is 0 Å². The standard InChI is InChI=1S/C20H24GeO2/c1-4-21(5-2,18-14-10-7-11-15-18)19(16(3)20(22)23)17-12-8-6-9-13-17/h6-15H,4-5H2,1-3H3,(H,22,23)/b19-16-. The van der Waals surface area contributed by atoms with Crippen molar-refractivity contribution < 1.29 is 9.90 Å². The second kappa shape index (κ2) is 7.64. The molecule has 0 radical (unpaired) electrons. The summed E-state index contributed by atoms with van der Waals surface area (Å²) in [5.74, 6) is -0.809. The van der Waals surface area contributed by atoms with E-state index in [-0.39, 0.29) is 0 Å². The zero-order valence-corrected chi connectivity index (χ0v) is 16.1. The number of carboxylic acid groups (broad SMARTS) is 1. The molecule has 0 saturated heterocycles. The van der Waals surface area contributed by atoms with Gasteiger partial charge in [-0.15, -0.1) is 0 Å². The fourth-order valence-electron chi connectivity index (χ4n) is 3.48. The summed E-state index contributed by atoms with van der Waals surface area (Å²) < 4.78 is 2.46. The van der Waals surface area contributed by atoms with Crippen molar-refractivity contribution in [2.75, 3.05) is 0 Å². The maximum absolute atomic E-state index is 11.8. The molecule has 2 aromatic rings. The quantitative estimate of drug-likeness (QED) is 0.602. The van der Waals surface area contributed by atoms with Crippen LogP contribution in [0.2, 0.25) is 10.5 Å². The van der Waals surface area contributed by atoms with Crippen molar-refractivity contribution in [1.29, 1.82) is 0 Å². The summed E-state index contributed by atoms with van der Waals surface area (Å²) in [7, 11) is 0. The molecule has 0 bridgehead atoms. The molecule has 23 heavy (non-hydrogen) atoms. The predicted molar refractivity (Wildman–Crippen MR) is 99.5 cm³/mol. The van der Waals surface area contributed by atoms with E-state index in [1.165, 1.54) is 4.40 Å². The first-order valence-corrected chi connectivity index (χ1v) is 13.2. The Balaban J connectivity index is 2.79. The second-order valence-corrected chi connectivity index (χ2v) is 15.6. The van der Waals surface area contributed by atoms with E-state index < -0.39 is 19.2 Å². The Hall–Kier alpha value is -1.81. The summed E-state index contributed by atoms with van der Waals surface area (Å²) in [6, 6.07) is 20.6. The number of aliphatic carboxylic acids is 1. The van der Waals surface area contributed by atoms with Gasteiger partial charge in [0, 0.05) is 0 Å². The van der Waals surface area contributed by atoms with Crippen LogP contribution in [0.15, 0.2) is 66.2 Å². The first-order valence-electron chi connectivity index (χ1n) is 8.12. The van der Waals surface area contributed by atoms with Gasteiger partial charge in [0.2, 0.25) is 0 Å². The van der Waals surface area contributed by atoms with Crippen molar-refractivity contribution in [1.82, 2.24) is 0 Å². The van der Waals surface area contributed by atoms with Gasteiger partial charge in [0.25, 0.3) is 0 Å². The molecule has 1 N–H and O–H groups in total. The third kappa shape index (κ3) is 3.42. The number of carbonyl (C=O) groups is 1. The Morgan fingerprint density at radius 3 is 1.83 bits per heavy atom. The predicted octanol–water partition coefficient (Wildman–Crippen LogP) is 4.48. The summed E-state index contributed by atoms with van der Waals surface area (Å²) in [6.07, 6.45) is 0. The molecular formula is C20H24GeO2. The van der Waals surface area contributed by atoms with Crippen LogP contribution in [0, 0.1) is 0 Å². The molecule has 0 aliphatic carbocycles. The van der Waals surface area contributed by atoms with Crippen LogP contribution in [0.1, 0.15) is 26.3 Å². The molecule has 0 atom stereocenters. The molecule has 0 fully saturated rings. The molecule has 0 aromatic heterocycles. The van der Waals surface area contributed by atoms with Gasteiger partial charge in [-0.25, -0.2) is 0 Å². The van der Waals surface area contributed by atoms with Crippen molar-refractivity contribution in [3.63, 3.8) is 0 Å². The fraction of sp³-hybridized carbons (Fsp3) is 0.250. The summed E-state index contributed by atoms with van der Waals surface area (Å²) in [5.41, 5.74) is 1.57. The second-order valence-electron chi connectivity index (χ2n) is 5.83. The Bertz CT molecular complexity index is 686. The van der Waals surface area contributed by atoms with Crippen molar-refractivity contribution in [2.45, 2.75) is 31.3 Å². The maximum atomic E-state index is 11.8. The first kappa shape index (κ1) is 17.5. The van der Waals surface area contributed by atoms with E-state index in [1.54, 1.807) is 6.92 Å². The van der Waals surface area contributed by atoms with Gasteiger partial charge in [-0.3, -0.25) is 0 Å². The molecule has 0 amide bonds. The number of hydrogen-bond acceptors (Lipinski definition) is 1. The minimum atomic E-state index is -2.75.